The van der Waals surface area contributed by atoms with Gasteiger partial charge in [0.15, 0.2) is 5.84 Å². The highest BCUT2D eigenvalue weighted by Crippen LogP contribution is 2.39. The van der Waals surface area contributed by atoms with Crippen LogP contribution in [-0.2, 0) is 0 Å². The van der Waals surface area contributed by atoms with E-state index in [0.29, 0.717) is 11.6 Å². The summed E-state index contributed by atoms with van der Waals surface area (Å²) in [6, 6.07) is 6.07. The lowest BCUT2D eigenvalue weighted by atomic mass is 10.1. The molecule has 0 aliphatic heterocycles. The van der Waals surface area contributed by atoms with E-state index in [9.17, 15) is 0 Å². The number of nitrogens with two attached hydrogens (primary N) is 1. The molecule has 104 valence electrons. The van der Waals surface area contributed by atoms with Gasteiger partial charge in [0.1, 0.15) is 0 Å². The van der Waals surface area contributed by atoms with E-state index in [0.717, 1.165) is 28.5 Å². The maximum atomic E-state index is 8.89. The third-order valence-corrected chi connectivity index (χ3v) is 4.34. The number of benzene rings is 1. The minimum Gasteiger partial charge on any atom is -0.409 e. The van der Waals surface area contributed by atoms with Crippen LogP contribution in [0.4, 0.5) is 0 Å². The Labute approximate surface area is 119 Å². The van der Waals surface area contributed by atoms with E-state index in [1.165, 1.54) is 11.8 Å². The Bertz CT molecular complexity index is 664. The van der Waals surface area contributed by atoms with Crippen molar-refractivity contribution in [2.24, 2.45) is 10.9 Å². The van der Waals surface area contributed by atoms with Crippen molar-refractivity contribution in [2.45, 2.75) is 35.9 Å². The second kappa shape index (κ2) is 5.12. The molecule has 1 saturated carbocycles. The number of amidine groups is 1. The minimum atomic E-state index is 0.0849. The summed E-state index contributed by atoms with van der Waals surface area (Å²) < 4.78 is 1.84. The summed E-state index contributed by atoms with van der Waals surface area (Å²) in [5.74, 6) is 0.0849. The summed E-state index contributed by atoms with van der Waals surface area (Å²) in [4.78, 5) is 0.902. The molecule has 7 nitrogen and oxygen atoms in total. The summed E-state index contributed by atoms with van der Waals surface area (Å²) in [7, 11) is 0. The van der Waals surface area contributed by atoms with Crippen LogP contribution in [0.2, 0.25) is 0 Å². The van der Waals surface area contributed by atoms with Gasteiger partial charge in [-0.25, -0.2) is 4.68 Å². The first-order valence-electron chi connectivity index (χ1n) is 6.24. The zero-order chi connectivity index (χ0) is 14.1. The van der Waals surface area contributed by atoms with Crippen molar-refractivity contribution in [3.05, 3.63) is 29.3 Å². The van der Waals surface area contributed by atoms with Gasteiger partial charge in [0.05, 0.1) is 6.04 Å². The number of hydrogen-bond donors (Lipinski definition) is 2. The summed E-state index contributed by atoms with van der Waals surface area (Å²) >= 11 is 1.44. The van der Waals surface area contributed by atoms with Crippen molar-refractivity contribution >= 4 is 17.6 Å². The smallest absolute Gasteiger partial charge is 0.214 e. The van der Waals surface area contributed by atoms with Crippen molar-refractivity contribution in [1.29, 1.82) is 0 Å². The molecule has 8 heteroatoms. The van der Waals surface area contributed by atoms with E-state index in [2.05, 4.69) is 20.7 Å². The van der Waals surface area contributed by atoms with Gasteiger partial charge < -0.3 is 10.9 Å². The molecule has 1 fully saturated rings. The average Bonchev–Trinajstić information content (AvgIpc) is 3.20. The van der Waals surface area contributed by atoms with Crippen molar-refractivity contribution in [3.63, 3.8) is 0 Å². The summed E-state index contributed by atoms with van der Waals surface area (Å²) in [6.07, 6.45) is 2.22. The van der Waals surface area contributed by atoms with Gasteiger partial charge in [-0.15, -0.1) is 5.10 Å². The first kappa shape index (κ1) is 12.9. The molecule has 1 heterocycles. The number of hydrogen-bond acceptors (Lipinski definition) is 6. The predicted molar refractivity (Wildman–Crippen MR) is 73.9 cm³/mol. The quantitative estimate of drug-likeness (QED) is 0.383. The first-order valence-corrected chi connectivity index (χ1v) is 7.05. The van der Waals surface area contributed by atoms with Gasteiger partial charge in [0, 0.05) is 10.5 Å². The number of tetrazole rings is 1. The van der Waals surface area contributed by atoms with E-state index in [1.54, 1.807) is 0 Å². The molecule has 3 N–H and O–H groups in total. The Morgan fingerprint density at radius 2 is 2.30 bits per heavy atom. The van der Waals surface area contributed by atoms with Gasteiger partial charge in [-0.1, -0.05) is 17.3 Å². The number of aromatic nitrogens is 4. The predicted octanol–water partition coefficient (Wildman–Crippen LogP) is 1.56. The maximum absolute atomic E-state index is 8.89. The molecule has 1 aromatic heterocycles. The van der Waals surface area contributed by atoms with Crippen molar-refractivity contribution < 1.29 is 5.21 Å². The third-order valence-electron chi connectivity index (χ3n) is 3.14. The molecule has 0 spiro atoms. The third kappa shape index (κ3) is 2.34. The largest absolute Gasteiger partial charge is 0.409 e. The van der Waals surface area contributed by atoms with Crippen LogP contribution in [0.15, 0.2) is 33.4 Å². The van der Waals surface area contributed by atoms with Crippen molar-refractivity contribution in [1.82, 2.24) is 20.2 Å². The highest BCUT2D eigenvalue weighted by atomic mass is 32.2. The van der Waals surface area contributed by atoms with E-state index in [-0.39, 0.29) is 5.84 Å². The maximum Gasteiger partial charge on any atom is 0.214 e. The Morgan fingerprint density at radius 3 is 3.00 bits per heavy atom. The van der Waals surface area contributed by atoms with Crippen LogP contribution in [0.5, 0.6) is 0 Å². The lowest BCUT2D eigenvalue weighted by Crippen LogP contribution is -2.14. The Balaban J connectivity index is 1.99. The summed E-state index contributed by atoms with van der Waals surface area (Å²) in [6.45, 7) is 1.97. The van der Waals surface area contributed by atoms with Crippen LogP contribution >= 0.6 is 11.8 Å². The fourth-order valence-electron chi connectivity index (χ4n) is 1.94. The molecule has 0 radical (unpaired) electrons. The zero-order valence-corrected chi connectivity index (χ0v) is 11.7. The second-order valence-electron chi connectivity index (χ2n) is 4.68. The molecule has 0 saturated heterocycles. The molecular weight excluding hydrogens is 276 g/mol. The van der Waals surface area contributed by atoms with Crippen LogP contribution in [0.25, 0.3) is 0 Å². The standard InChI is InChI=1S/C12H14N6OS/c1-7-3-2-4-9(11(13)15-19)10(7)20-12-14-16-17-18(12)8-5-6-8/h2-4,8,19H,5-6H2,1H3,(H2,13,15). The molecule has 3 rings (SSSR count). The number of aryl methyl sites for hydroxylation is 1. The molecule has 1 aliphatic carbocycles. The van der Waals surface area contributed by atoms with Gasteiger partial charge >= 0.3 is 0 Å². The minimum absolute atomic E-state index is 0.0849. The highest BCUT2D eigenvalue weighted by molar-refractivity contribution is 7.99. The SMILES string of the molecule is Cc1cccc(/C(N)=N/O)c1Sc1nnnn1C1CC1. The Morgan fingerprint density at radius 1 is 1.50 bits per heavy atom. The average molecular weight is 290 g/mol. The summed E-state index contributed by atoms with van der Waals surface area (Å²) in [5, 5.41) is 24.5. The normalized spacial score (nSPS) is 15.6. The van der Waals surface area contributed by atoms with Crippen molar-refractivity contribution in [2.75, 3.05) is 0 Å². The van der Waals surface area contributed by atoms with E-state index in [4.69, 9.17) is 10.9 Å². The number of rotatable bonds is 4. The van der Waals surface area contributed by atoms with Gasteiger partial charge in [0.25, 0.3) is 0 Å². The molecule has 20 heavy (non-hydrogen) atoms. The number of nitrogens with zero attached hydrogens (tertiary/aromatic N) is 5. The van der Waals surface area contributed by atoms with Crippen LogP contribution in [0, 0.1) is 6.92 Å². The van der Waals surface area contributed by atoms with E-state index >= 15 is 0 Å². The van der Waals surface area contributed by atoms with Crippen LogP contribution in [-0.4, -0.2) is 31.3 Å². The lowest BCUT2D eigenvalue weighted by molar-refractivity contribution is 0.318. The zero-order valence-electron chi connectivity index (χ0n) is 10.9. The molecule has 0 atom stereocenters. The molecule has 0 bridgehead atoms. The monoisotopic (exact) mass is 290 g/mol. The molecule has 0 unspecified atom stereocenters. The van der Waals surface area contributed by atoms with E-state index < -0.39 is 0 Å². The highest BCUT2D eigenvalue weighted by Gasteiger charge is 2.28. The molecular formula is C12H14N6OS. The van der Waals surface area contributed by atoms with Gasteiger partial charge in [-0.2, -0.15) is 0 Å². The molecule has 0 amide bonds. The lowest BCUT2D eigenvalue weighted by Gasteiger charge is -2.10. The van der Waals surface area contributed by atoms with Crippen LogP contribution < -0.4 is 5.73 Å². The molecule has 2 aromatic rings. The number of oxime groups is 1. The van der Waals surface area contributed by atoms with E-state index in [1.807, 2.05) is 29.8 Å². The fourth-order valence-corrected chi connectivity index (χ4v) is 2.99. The summed E-state index contributed by atoms with van der Waals surface area (Å²) in [5.41, 5.74) is 7.45. The molecule has 1 aliphatic rings. The Kier molecular flexibility index (Phi) is 3.31. The molecule has 1 aromatic carbocycles. The first-order chi connectivity index (χ1) is 9.70. The van der Waals surface area contributed by atoms with Gasteiger partial charge in [-0.3, -0.25) is 0 Å². The topological polar surface area (TPSA) is 102 Å². The van der Waals surface area contributed by atoms with Gasteiger partial charge in [0.2, 0.25) is 5.16 Å². The van der Waals surface area contributed by atoms with Gasteiger partial charge in [-0.05, 0) is 53.6 Å². The van der Waals surface area contributed by atoms with Crippen molar-refractivity contribution in [3.8, 4) is 0 Å². The fraction of sp³-hybridized carbons (Fsp3) is 0.333. The van der Waals surface area contributed by atoms with Crippen LogP contribution in [0.3, 0.4) is 0 Å². The second-order valence-corrected chi connectivity index (χ2v) is 5.65. The van der Waals surface area contributed by atoms with Crippen LogP contribution in [0.1, 0.15) is 30.0 Å². The Hall–Kier alpha value is -2.09.